The topological polar surface area (TPSA) is 67.9 Å². The highest BCUT2D eigenvalue weighted by molar-refractivity contribution is 9.10. The lowest BCUT2D eigenvalue weighted by Gasteiger charge is -2.29. The lowest BCUT2D eigenvalue weighted by molar-refractivity contribution is -0.122. The molecule has 144 valence electrons. The second-order valence-electron chi connectivity index (χ2n) is 6.00. The Morgan fingerprint density at radius 3 is 2.29 bits per heavy atom. The van der Waals surface area contributed by atoms with Crippen LogP contribution in [0.1, 0.15) is 11.1 Å². The molecule has 8 heteroatoms. The van der Waals surface area contributed by atoms with Crippen LogP contribution >= 0.6 is 28.1 Å². The number of hydrogen-bond acceptors (Lipinski definition) is 5. The second-order valence-corrected chi connectivity index (χ2v) is 7.30. The van der Waals surface area contributed by atoms with Crippen molar-refractivity contribution in [1.82, 2.24) is 5.32 Å². The average Bonchev–Trinajstić information content (AvgIpc) is 2.67. The number of rotatable bonds is 4. The summed E-state index contributed by atoms with van der Waals surface area (Å²) in [4.78, 5) is 26.8. The van der Waals surface area contributed by atoms with E-state index in [0.717, 1.165) is 10.0 Å². The Bertz CT molecular complexity index is 1000. The summed E-state index contributed by atoms with van der Waals surface area (Å²) in [6, 6.07) is 10.6. The van der Waals surface area contributed by atoms with Gasteiger partial charge in [0.05, 0.1) is 19.9 Å². The number of amides is 2. The molecule has 0 unspecified atom stereocenters. The van der Waals surface area contributed by atoms with E-state index in [4.69, 9.17) is 21.7 Å². The van der Waals surface area contributed by atoms with Crippen molar-refractivity contribution in [3.63, 3.8) is 0 Å². The number of hydrogen-bond donors (Lipinski definition) is 1. The summed E-state index contributed by atoms with van der Waals surface area (Å²) < 4.78 is 11.5. The number of nitrogens with zero attached hydrogens (tertiary/aromatic N) is 1. The number of aryl methyl sites for hydroxylation is 1. The Morgan fingerprint density at radius 1 is 1.07 bits per heavy atom. The van der Waals surface area contributed by atoms with Crippen LogP contribution < -0.4 is 19.7 Å². The maximum absolute atomic E-state index is 13.1. The molecule has 1 aliphatic heterocycles. The van der Waals surface area contributed by atoms with Crippen molar-refractivity contribution in [2.45, 2.75) is 6.92 Å². The smallest absolute Gasteiger partial charge is 0.270 e. The van der Waals surface area contributed by atoms with Crippen LogP contribution in [0.25, 0.3) is 6.08 Å². The maximum Gasteiger partial charge on any atom is 0.270 e. The van der Waals surface area contributed by atoms with Crippen LogP contribution in [-0.4, -0.2) is 31.1 Å². The molecule has 0 radical (unpaired) electrons. The molecule has 2 amide bonds. The van der Waals surface area contributed by atoms with E-state index in [1.54, 1.807) is 43.5 Å². The molecule has 1 saturated heterocycles. The van der Waals surface area contributed by atoms with E-state index < -0.39 is 11.8 Å². The third-order valence-corrected chi connectivity index (χ3v) is 5.07. The van der Waals surface area contributed by atoms with Crippen LogP contribution in [0.15, 0.2) is 46.4 Å². The van der Waals surface area contributed by atoms with E-state index in [9.17, 15) is 9.59 Å². The van der Waals surface area contributed by atoms with Gasteiger partial charge in [0.2, 0.25) is 0 Å². The van der Waals surface area contributed by atoms with Gasteiger partial charge in [-0.3, -0.25) is 19.8 Å². The summed E-state index contributed by atoms with van der Waals surface area (Å²) in [7, 11) is 3.07. The quantitative estimate of drug-likeness (QED) is 0.428. The van der Waals surface area contributed by atoms with Gasteiger partial charge in [-0.25, -0.2) is 0 Å². The molecule has 0 bridgehead atoms. The zero-order chi connectivity index (χ0) is 20.4. The summed E-state index contributed by atoms with van der Waals surface area (Å²) in [5.74, 6) is 0.0333. The predicted molar refractivity (Wildman–Crippen MR) is 115 cm³/mol. The number of methoxy groups -OCH3 is 2. The number of carbonyl (C=O) groups is 2. The van der Waals surface area contributed by atoms with Gasteiger partial charge in [-0.05, 0) is 72.7 Å². The molecule has 2 aromatic carbocycles. The van der Waals surface area contributed by atoms with Gasteiger partial charge in [-0.15, -0.1) is 0 Å². The van der Waals surface area contributed by atoms with Gasteiger partial charge in [-0.2, -0.15) is 0 Å². The molecular weight excluding hydrogens is 444 g/mol. The molecule has 0 aliphatic carbocycles. The molecule has 28 heavy (non-hydrogen) atoms. The molecular formula is C20H17BrN2O4S. The van der Waals surface area contributed by atoms with Crippen molar-refractivity contribution in [2.75, 3.05) is 19.1 Å². The van der Waals surface area contributed by atoms with Gasteiger partial charge < -0.3 is 9.47 Å². The number of carbonyl (C=O) groups excluding carboxylic acids is 2. The van der Waals surface area contributed by atoms with Gasteiger partial charge in [0.1, 0.15) is 5.57 Å². The first-order valence-corrected chi connectivity index (χ1v) is 9.45. The van der Waals surface area contributed by atoms with E-state index in [2.05, 4.69) is 21.2 Å². The summed E-state index contributed by atoms with van der Waals surface area (Å²) in [6.07, 6.45) is 1.53. The first-order valence-electron chi connectivity index (χ1n) is 8.25. The predicted octanol–water partition coefficient (Wildman–Crippen LogP) is 3.61. The first kappa shape index (κ1) is 20.0. The number of ether oxygens (including phenoxy) is 2. The van der Waals surface area contributed by atoms with Crippen LogP contribution in [0.4, 0.5) is 5.69 Å². The summed E-state index contributed by atoms with van der Waals surface area (Å²) in [6.45, 7) is 1.86. The molecule has 1 heterocycles. The van der Waals surface area contributed by atoms with E-state index >= 15 is 0 Å². The van der Waals surface area contributed by atoms with E-state index in [-0.39, 0.29) is 10.7 Å². The first-order chi connectivity index (χ1) is 13.3. The molecule has 1 aliphatic rings. The fraction of sp³-hybridized carbons (Fsp3) is 0.150. The third kappa shape index (κ3) is 3.79. The number of nitrogens with one attached hydrogen (secondary N) is 1. The number of benzene rings is 2. The van der Waals surface area contributed by atoms with Crippen molar-refractivity contribution in [2.24, 2.45) is 0 Å². The monoisotopic (exact) mass is 460 g/mol. The average molecular weight is 461 g/mol. The highest BCUT2D eigenvalue weighted by Gasteiger charge is 2.34. The van der Waals surface area contributed by atoms with Gasteiger partial charge in [-0.1, -0.05) is 15.9 Å². The van der Waals surface area contributed by atoms with Crippen molar-refractivity contribution >= 4 is 56.8 Å². The third-order valence-electron chi connectivity index (χ3n) is 4.26. The lowest BCUT2D eigenvalue weighted by atomic mass is 10.0. The molecule has 2 aromatic rings. The zero-order valence-corrected chi connectivity index (χ0v) is 17.8. The van der Waals surface area contributed by atoms with Gasteiger partial charge in [0.25, 0.3) is 11.8 Å². The maximum atomic E-state index is 13.1. The minimum atomic E-state index is -0.544. The lowest BCUT2D eigenvalue weighted by Crippen LogP contribution is -2.54. The van der Waals surface area contributed by atoms with Crippen LogP contribution in [0, 0.1) is 6.92 Å². The highest BCUT2D eigenvalue weighted by Crippen LogP contribution is 2.32. The minimum absolute atomic E-state index is 0.0214. The SMILES string of the molecule is COc1cc(C)c(C=C2C(=O)NC(=S)N(c3ccc(Br)cc3)C2=O)cc1OC. The Balaban J connectivity index is 2.05. The zero-order valence-electron chi connectivity index (χ0n) is 15.4. The molecule has 0 aromatic heterocycles. The normalized spacial score (nSPS) is 15.6. The Morgan fingerprint density at radius 2 is 1.68 bits per heavy atom. The molecule has 6 nitrogen and oxygen atoms in total. The number of anilines is 1. The van der Waals surface area contributed by atoms with Gasteiger partial charge in [0.15, 0.2) is 16.6 Å². The standard InChI is InChI=1S/C20H17BrN2O4S/c1-11-8-16(26-2)17(27-3)10-12(11)9-15-18(24)22-20(28)23(19(15)25)14-6-4-13(21)5-7-14/h4-10H,1-3H3,(H,22,24,28). The fourth-order valence-electron chi connectivity index (χ4n) is 2.79. The van der Waals surface area contributed by atoms with Crippen molar-refractivity contribution < 1.29 is 19.1 Å². The van der Waals surface area contributed by atoms with Crippen LogP contribution in [0.3, 0.4) is 0 Å². The Kier molecular flexibility index (Phi) is 5.81. The van der Waals surface area contributed by atoms with Crippen LogP contribution in [-0.2, 0) is 9.59 Å². The molecule has 0 atom stereocenters. The Labute approximate surface area is 176 Å². The fourth-order valence-corrected chi connectivity index (χ4v) is 3.33. The van der Waals surface area contributed by atoms with Gasteiger partial charge >= 0.3 is 0 Å². The summed E-state index contributed by atoms with van der Waals surface area (Å²) >= 11 is 8.57. The largest absolute Gasteiger partial charge is 0.493 e. The van der Waals surface area contributed by atoms with Gasteiger partial charge in [0, 0.05) is 4.47 Å². The van der Waals surface area contributed by atoms with Crippen LogP contribution in [0.2, 0.25) is 0 Å². The molecule has 1 fully saturated rings. The molecule has 0 spiro atoms. The second kappa shape index (κ2) is 8.12. The van der Waals surface area contributed by atoms with E-state index in [0.29, 0.717) is 22.7 Å². The van der Waals surface area contributed by atoms with Crippen molar-refractivity contribution in [3.8, 4) is 11.5 Å². The number of halogens is 1. The highest BCUT2D eigenvalue weighted by atomic mass is 79.9. The number of thiocarbonyl (C=S) groups is 1. The van der Waals surface area contributed by atoms with E-state index in [1.165, 1.54) is 18.1 Å². The molecule has 1 N–H and O–H groups in total. The molecule has 3 rings (SSSR count). The minimum Gasteiger partial charge on any atom is -0.493 e. The van der Waals surface area contributed by atoms with Crippen molar-refractivity contribution in [1.29, 1.82) is 0 Å². The van der Waals surface area contributed by atoms with E-state index in [1.807, 2.05) is 6.92 Å². The van der Waals surface area contributed by atoms with Crippen LogP contribution in [0.5, 0.6) is 11.5 Å². The van der Waals surface area contributed by atoms with Crippen molar-refractivity contribution in [3.05, 3.63) is 57.6 Å². The summed E-state index contributed by atoms with van der Waals surface area (Å²) in [5.41, 5.74) is 2.04. The Hall–Kier alpha value is -2.71. The molecule has 0 saturated carbocycles. The summed E-state index contributed by atoms with van der Waals surface area (Å²) in [5, 5.41) is 2.62.